The van der Waals surface area contributed by atoms with E-state index in [-0.39, 0.29) is 0 Å². The molecule has 0 N–H and O–H groups in total. The van der Waals surface area contributed by atoms with E-state index in [1.807, 2.05) is 11.3 Å². The molecule has 1 fully saturated rings. The highest BCUT2D eigenvalue weighted by Crippen LogP contribution is 2.46. The van der Waals surface area contributed by atoms with Gasteiger partial charge in [0.15, 0.2) is 5.60 Å². The van der Waals surface area contributed by atoms with Gasteiger partial charge in [-0.05, 0) is 35.9 Å². The minimum Gasteiger partial charge on any atom is -0.477 e. The van der Waals surface area contributed by atoms with Crippen molar-refractivity contribution in [3.05, 3.63) is 77.2 Å². The van der Waals surface area contributed by atoms with Gasteiger partial charge in [-0.2, -0.15) is 0 Å². The van der Waals surface area contributed by atoms with E-state index in [9.17, 15) is 0 Å². The molecule has 0 aliphatic carbocycles. The molecule has 1 aromatic heterocycles. The van der Waals surface area contributed by atoms with Gasteiger partial charge in [0, 0.05) is 40.5 Å². The second-order valence-corrected chi connectivity index (χ2v) is 9.23. The van der Waals surface area contributed by atoms with Crippen molar-refractivity contribution >= 4 is 44.0 Å². The van der Waals surface area contributed by atoms with Crippen LogP contribution in [0.15, 0.2) is 66.7 Å². The minimum atomic E-state index is -0.471. The topological polar surface area (TPSA) is 21.7 Å². The lowest BCUT2D eigenvalue weighted by Crippen LogP contribution is -2.36. The second kappa shape index (κ2) is 6.86. The number of benzene rings is 3. The van der Waals surface area contributed by atoms with Gasteiger partial charge in [-0.3, -0.25) is 0 Å². The number of rotatable bonds is 2. The third-order valence-electron chi connectivity index (χ3n) is 6.18. The van der Waals surface area contributed by atoms with E-state index in [4.69, 9.17) is 9.47 Å². The lowest BCUT2D eigenvalue weighted by Gasteiger charge is -2.34. The van der Waals surface area contributed by atoms with Crippen molar-refractivity contribution in [2.75, 3.05) is 31.2 Å². The fourth-order valence-electron chi connectivity index (χ4n) is 4.54. The van der Waals surface area contributed by atoms with E-state index in [2.05, 4.69) is 84.6 Å². The molecular formula is C26H23NO2S. The Labute approximate surface area is 180 Å². The molecule has 0 amide bonds. The number of anilines is 1. The smallest absolute Gasteiger partial charge is 0.159 e. The summed E-state index contributed by atoms with van der Waals surface area (Å²) < 4.78 is 13.6. The van der Waals surface area contributed by atoms with Crippen LogP contribution in [0, 0.1) is 0 Å². The second-order valence-electron chi connectivity index (χ2n) is 8.14. The van der Waals surface area contributed by atoms with Crippen LogP contribution in [0.2, 0.25) is 0 Å². The Balaban J connectivity index is 1.49. The minimum absolute atomic E-state index is 0.471. The molecule has 30 heavy (non-hydrogen) atoms. The molecule has 6 rings (SSSR count). The van der Waals surface area contributed by atoms with Crippen LogP contribution in [0.3, 0.4) is 0 Å². The molecule has 0 radical (unpaired) electrons. The summed E-state index contributed by atoms with van der Waals surface area (Å²) in [5.41, 5.74) is 1.93. The summed E-state index contributed by atoms with van der Waals surface area (Å²) in [4.78, 5) is 3.65. The molecule has 3 heterocycles. The highest BCUT2D eigenvalue weighted by molar-refractivity contribution is 7.19. The molecule has 2 aliphatic rings. The van der Waals surface area contributed by atoms with E-state index in [0.29, 0.717) is 0 Å². The van der Waals surface area contributed by atoms with Crippen molar-refractivity contribution in [3.8, 4) is 5.75 Å². The first-order valence-corrected chi connectivity index (χ1v) is 11.3. The molecule has 1 atom stereocenters. The van der Waals surface area contributed by atoms with E-state index < -0.39 is 5.60 Å². The van der Waals surface area contributed by atoms with Gasteiger partial charge in [-0.1, -0.05) is 48.5 Å². The van der Waals surface area contributed by atoms with Gasteiger partial charge in [-0.15, -0.1) is 11.3 Å². The maximum absolute atomic E-state index is 6.74. The Morgan fingerprint density at radius 3 is 2.53 bits per heavy atom. The molecule has 3 aromatic carbocycles. The Morgan fingerprint density at radius 1 is 0.933 bits per heavy atom. The van der Waals surface area contributed by atoms with E-state index in [1.165, 1.54) is 37.0 Å². The van der Waals surface area contributed by atoms with Crippen LogP contribution < -0.4 is 9.64 Å². The SMILES string of the molecule is CC1(c2cc3ccccc3s2)C=Cc2c(cc(N3CCOCC3)c3ccccc23)O1. The highest BCUT2D eigenvalue weighted by Gasteiger charge is 2.33. The normalized spacial score (nSPS) is 21.0. The number of ether oxygens (including phenoxy) is 2. The predicted molar refractivity (Wildman–Crippen MR) is 126 cm³/mol. The number of fused-ring (bicyclic) bond motifs is 4. The zero-order valence-electron chi connectivity index (χ0n) is 16.9. The molecule has 150 valence electrons. The molecule has 1 saturated heterocycles. The fourth-order valence-corrected chi connectivity index (χ4v) is 5.67. The van der Waals surface area contributed by atoms with Gasteiger partial charge >= 0.3 is 0 Å². The van der Waals surface area contributed by atoms with Crippen molar-refractivity contribution in [2.45, 2.75) is 12.5 Å². The Kier molecular flexibility index (Phi) is 4.12. The van der Waals surface area contributed by atoms with Gasteiger partial charge in [-0.25, -0.2) is 0 Å². The van der Waals surface area contributed by atoms with Crippen LogP contribution >= 0.6 is 11.3 Å². The molecular weight excluding hydrogens is 390 g/mol. The van der Waals surface area contributed by atoms with Gasteiger partial charge in [0.2, 0.25) is 0 Å². The maximum Gasteiger partial charge on any atom is 0.159 e. The number of thiophene rings is 1. The summed E-state index contributed by atoms with van der Waals surface area (Å²) in [5.74, 6) is 0.956. The van der Waals surface area contributed by atoms with Crippen LogP contribution in [0.1, 0.15) is 17.4 Å². The lowest BCUT2D eigenvalue weighted by atomic mass is 9.94. The first-order chi connectivity index (χ1) is 14.7. The van der Waals surface area contributed by atoms with Crippen LogP contribution in [-0.4, -0.2) is 26.3 Å². The largest absolute Gasteiger partial charge is 0.477 e. The lowest BCUT2D eigenvalue weighted by molar-refractivity contribution is 0.122. The summed E-state index contributed by atoms with van der Waals surface area (Å²) in [6.07, 6.45) is 4.45. The molecule has 4 heteroatoms. The van der Waals surface area contributed by atoms with E-state index in [0.717, 1.165) is 32.1 Å². The van der Waals surface area contributed by atoms with Crippen molar-refractivity contribution < 1.29 is 9.47 Å². The van der Waals surface area contributed by atoms with Crippen LogP contribution in [0.25, 0.3) is 26.9 Å². The summed E-state index contributed by atoms with van der Waals surface area (Å²) in [6, 6.07) is 21.7. The molecule has 3 nitrogen and oxygen atoms in total. The Bertz CT molecular complexity index is 1250. The van der Waals surface area contributed by atoms with Crippen molar-refractivity contribution in [3.63, 3.8) is 0 Å². The predicted octanol–water partition coefficient (Wildman–Crippen LogP) is 6.21. The number of morpholine rings is 1. The van der Waals surface area contributed by atoms with E-state index in [1.54, 1.807) is 0 Å². The average Bonchev–Trinajstić information content (AvgIpc) is 3.24. The maximum atomic E-state index is 6.74. The average molecular weight is 414 g/mol. The van der Waals surface area contributed by atoms with Gasteiger partial charge < -0.3 is 14.4 Å². The summed E-state index contributed by atoms with van der Waals surface area (Å²) >= 11 is 1.81. The molecule has 0 saturated carbocycles. The summed E-state index contributed by atoms with van der Waals surface area (Å²) in [5, 5.41) is 3.79. The number of hydrogen-bond donors (Lipinski definition) is 0. The van der Waals surface area contributed by atoms with Gasteiger partial charge in [0.1, 0.15) is 5.75 Å². The van der Waals surface area contributed by atoms with Crippen LogP contribution in [-0.2, 0) is 10.3 Å². The highest BCUT2D eigenvalue weighted by atomic mass is 32.1. The van der Waals surface area contributed by atoms with Crippen LogP contribution in [0.4, 0.5) is 5.69 Å². The molecule has 0 bridgehead atoms. The first kappa shape index (κ1) is 18.0. The molecule has 1 unspecified atom stereocenters. The van der Waals surface area contributed by atoms with Crippen molar-refractivity contribution in [1.29, 1.82) is 0 Å². The Morgan fingerprint density at radius 2 is 1.70 bits per heavy atom. The standard InChI is InChI=1S/C26H23NO2S/c1-26(25-16-18-6-2-5-9-24(18)30-25)11-10-21-19-7-3-4-8-20(19)22(17-23(21)29-26)27-12-14-28-15-13-27/h2-11,16-17H,12-15H2,1H3. The zero-order chi connectivity index (χ0) is 20.1. The molecule has 4 aromatic rings. The van der Waals surface area contributed by atoms with Crippen LogP contribution in [0.5, 0.6) is 5.75 Å². The van der Waals surface area contributed by atoms with Gasteiger partial charge in [0.05, 0.1) is 18.1 Å². The number of hydrogen-bond acceptors (Lipinski definition) is 4. The van der Waals surface area contributed by atoms with Crippen molar-refractivity contribution in [2.24, 2.45) is 0 Å². The fraction of sp³-hybridized carbons (Fsp3) is 0.231. The van der Waals surface area contributed by atoms with E-state index >= 15 is 0 Å². The Hall–Kier alpha value is -2.82. The van der Waals surface area contributed by atoms with Gasteiger partial charge in [0.25, 0.3) is 0 Å². The third kappa shape index (κ3) is 2.83. The quantitative estimate of drug-likeness (QED) is 0.390. The van der Waals surface area contributed by atoms with Crippen molar-refractivity contribution in [1.82, 2.24) is 0 Å². The number of nitrogens with zero attached hydrogens (tertiary/aromatic N) is 1. The summed E-state index contributed by atoms with van der Waals surface area (Å²) in [6.45, 7) is 5.52. The monoisotopic (exact) mass is 413 g/mol. The molecule has 0 spiro atoms. The first-order valence-electron chi connectivity index (χ1n) is 10.5. The molecule has 2 aliphatic heterocycles. The third-order valence-corrected chi connectivity index (χ3v) is 7.52. The summed E-state index contributed by atoms with van der Waals surface area (Å²) in [7, 11) is 0. The zero-order valence-corrected chi connectivity index (χ0v) is 17.7.